The van der Waals surface area contributed by atoms with E-state index in [1.165, 1.54) is 32.1 Å². The molecule has 2 aliphatic heterocycles. The molecular formula is C39H36N2O4. The second-order valence-corrected chi connectivity index (χ2v) is 13.0. The molecule has 1 aliphatic carbocycles. The van der Waals surface area contributed by atoms with Crippen molar-refractivity contribution in [3.63, 3.8) is 0 Å². The van der Waals surface area contributed by atoms with Gasteiger partial charge in [-0.1, -0.05) is 96.1 Å². The van der Waals surface area contributed by atoms with Crippen LogP contribution < -0.4 is 4.90 Å². The fraction of sp³-hybridized carbons (Fsp3) is 0.282. The predicted molar refractivity (Wildman–Crippen MR) is 172 cm³/mol. The minimum atomic E-state index is -0.657. The van der Waals surface area contributed by atoms with E-state index in [9.17, 15) is 19.2 Å². The van der Waals surface area contributed by atoms with Crippen molar-refractivity contribution in [1.29, 1.82) is 0 Å². The topological polar surface area (TPSA) is 74.8 Å². The average molecular weight is 597 g/mol. The summed E-state index contributed by atoms with van der Waals surface area (Å²) in [5.74, 6) is -3.45. The molecule has 2 saturated heterocycles. The van der Waals surface area contributed by atoms with Crippen LogP contribution in [0.3, 0.4) is 0 Å². The van der Waals surface area contributed by atoms with E-state index in [2.05, 4.69) is 62.4 Å². The Hall–Kier alpha value is -4.84. The largest absolute Gasteiger partial charge is 0.278 e. The summed E-state index contributed by atoms with van der Waals surface area (Å²) in [7, 11) is 0. The molecule has 4 atom stereocenters. The molecule has 226 valence electrons. The van der Waals surface area contributed by atoms with E-state index in [0.717, 1.165) is 29.5 Å². The molecule has 4 aromatic rings. The minimum Gasteiger partial charge on any atom is -0.278 e. The van der Waals surface area contributed by atoms with Crippen molar-refractivity contribution >= 4 is 29.3 Å². The summed E-state index contributed by atoms with van der Waals surface area (Å²) in [6, 6.07) is 32.3. The van der Waals surface area contributed by atoms with Gasteiger partial charge in [-0.2, -0.15) is 0 Å². The normalized spacial score (nSPS) is 22.6. The second-order valence-electron chi connectivity index (χ2n) is 13.0. The zero-order chi connectivity index (χ0) is 31.2. The number of amides is 4. The van der Waals surface area contributed by atoms with Gasteiger partial charge in [0.05, 0.1) is 24.1 Å². The number of hydrogen-bond acceptors (Lipinski definition) is 4. The third kappa shape index (κ3) is 5.50. The van der Waals surface area contributed by atoms with Crippen molar-refractivity contribution in [2.45, 2.75) is 46.1 Å². The number of likely N-dealkylation sites (tertiary alicyclic amines) is 1. The summed E-state index contributed by atoms with van der Waals surface area (Å²) in [5.41, 5.74) is 8.45. The van der Waals surface area contributed by atoms with Gasteiger partial charge in [-0.05, 0) is 79.0 Å². The Morgan fingerprint density at radius 2 is 1.00 bits per heavy atom. The van der Waals surface area contributed by atoms with Crippen molar-refractivity contribution in [2.24, 2.45) is 23.7 Å². The van der Waals surface area contributed by atoms with Crippen LogP contribution in [0.4, 0.5) is 5.69 Å². The Morgan fingerprint density at radius 1 is 0.556 bits per heavy atom. The lowest BCUT2D eigenvalue weighted by Crippen LogP contribution is -2.50. The molecule has 7 rings (SSSR count). The molecule has 4 aromatic carbocycles. The van der Waals surface area contributed by atoms with E-state index in [4.69, 9.17) is 0 Å². The minimum absolute atomic E-state index is 0.103. The summed E-state index contributed by atoms with van der Waals surface area (Å²) in [4.78, 5) is 57.2. The molecule has 4 amide bonds. The molecule has 2 bridgehead atoms. The first kappa shape index (κ1) is 28.9. The molecule has 0 aromatic heterocycles. The molecule has 0 N–H and O–H groups in total. The summed E-state index contributed by atoms with van der Waals surface area (Å²) < 4.78 is 0. The van der Waals surface area contributed by atoms with E-state index in [0.29, 0.717) is 12.1 Å². The number of benzene rings is 4. The van der Waals surface area contributed by atoms with Crippen molar-refractivity contribution < 1.29 is 19.2 Å². The molecule has 0 spiro atoms. The average Bonchev–Trinajstić information content (AvgIpc) is 3.39. The molecule has 3 fully saturated rings. The van der Waals surface area contributed by atoms with Gasteiger partial charge in [0, 0.05) is 12.3 Å². The predicted octanol–water partition coefficient (Wildman–Crippen LogP) is 6.19. The van der Waals surface area contributed by atoms with E-state index >= 15 is 0 Å². The number of rotatable bonds is 7. The number of carbonyl (C=O) groups excluding carboxylic acids is 4. The van der Waals surface area contributed by atoms with Gasteiger partial charge < -0.3 is 0 Å². The van der Waals surface area contributed by atoms with Gasteiger partial charge in [0.25, 0.3) is 0 Å². The number of anilines is 1. The fourth-order valence-electron chi connectivity index (χ4n) is 7.37. The highest BCUT2D eigenvalue weighted by molar-refractivity contribution is 6.20. The monoisotopic (exact) mass is 596 g/mol. The molecule has 6 heteroatoms. The summed E-state index contributed by atoms with van der Waals surface area (Å²) in [6.07, 6.45) is 1.98. The van der Waals surface area contributed by atoms with Crippen LogP contribution in [0, 0.1) is 37.5 Å². The van der Waals surface area contributed by atoms with E-state index in [-0.39, 0.29) is 36.6 Å². The van der Waals surface area contributed by atoms with Crippen LogP contribution >= 0.6 is 0 Å². The third-order valence-corrected chi connectivity index (χ3v) is 9.87. The Bertz CT molecular complexity index is 1780. The lowest BCUT2D eigenvalue weighted by Gasteiger charge is -2.34. The van der Waals surface area contributed by atoms with Crippen LogP contribution in [0.1, 0.15) is 51.8 Å². The maximum absolute atomic E-state index is 13.9. The number of aryl methyl sites for hydroxylation is 2. The van der Waals surface area contributed by atoms with Gasteiger partial charge in [0.15, 0.2) is 0 Å². The first-order valence-electron chi connectivity index (χ1n) is 15.7. The molecular weight excluding hydrogens is 560 g/mol. The molecule has 2 heterocycles. The standard InChI is InChI=1S/C39H36N2O4/c1-24-3-7-26(8-4-24)19-28-11-13-30(14-12-28)23-40-35(42)22-32-33-21-34(36(32)39(40)45)38(44)41(37(33)43)31-17-15-29(16-18-31)20-27-9-5-25(2)6-10-27/h3-18,32-34,36H,19-23H2,1-2H3. The molecule has 1 saturated carbocycles. The van der Waals surface area contributed by atoms with Crippen LogP contribution in [0.2, 0.25) is 0 Å². The van der Waals surface area contributed by atoms with E-state index in [1.54, 1.807) is 0 Å². The first-order valence-corrected chi connectivity index (χ1v) is 15.7. The summed E-state index contributed by atoms with van der Waals surface area (Å²) >= 11 is 0. The number of nitrogens with zero attached hydrogens (tertiary/aromatic N) is 2. The molecule has 0 radical (unpaired) electrons. The van der Waals surface area contributed by atoms with Crippen LogP contribution in [0.15, 0.2) is 97.1 Å². The van der Waals surface area contributed by atoms with Crippen LogP contribution in [-0.2, 0) is 38.6 Å². The molecule has 3 aliphatic rings. The number of hydrogen-bond donors (Lipinski definition) is 0. The van der Waals surface area contributed by atoms with Crippen LogP contribution in [0.5, 0.6) is 0 Å². The number of imide groups is 2. The highest BCUT2D eigenvalue weighted by Crippen LogP contribution is 2.52. The van der Waals surface area contributed by atoms with Gasteiger partial charge >= 0.3 is 0 Å². The Balaban J connectivity index is 1.05. The third-order valence-electron chi connectivity index (χ3n) is 9.87. The zero-order valence-electron chi connectivity index (χ0n) is 25.6. The van der Waals surface area contributed by atoms with Gasteiger partial charge in [0.2, 0.25) is 23.6 Å². The summed E-state index contributed by atoms with van der Waals surface area (Å²) in [6.45, 7) is 4.29. The zero-order valence-corrected chi connectivity index (χ0v) is 25.6. The van der Waals surface area contributed by atoms with Crippen LogP contribution in [-0.4, -0.2) is 28.5 Å². The quantitative estimate of drug-likeness (QED) is 0.239. The number of carbonyl (C=O) groups is 4. The van der Waals surface area contributed by atoms with Crippen molar-refractivity contribution in [1.82, 2.24) is 4.90 Å². The second kappa shape index (κ2) is 11.6. The van der Waals surface area contributed by atoms with Gasteiger partial charge in [-0.15, -0.1) is 0 Å². The SMILES string of the molecule is Cc1ccc(Cc2ccc(CN3C(=O)CC4C5CC(C(=O)N(c6ccc(Cc7ccc(C)cc7)cc6)C5=O)C4C3=O)cc2)cc1. The Kier molecular flexibility index (Phi) is 7.44. The molecule has 6 nitrogen and oxygen atoms in total. The molecule has 45 heavy (non-hydrogen) atoms. The smallest absolute Gasteiger partial charge is 0.237 e. The van der Waals surface area contributed by atoms with Gasteiger partial charge in [0.1, 0.15) is 0 Å². The number of piperidine rings is 2. The highest BCUT2D eigenvalue weighted by Gasteiger charge is 2.62. The van der Waals surface area contributed by atoms with Gasteiger partial charge in [-0.3, -0.25) is 29.0 Å². The van der Waals surface area contributed by atoms with Crippen molar-refractivity contribution in [2.75, 3.05) is 4.90 Å². The van der Waals surface area contributed by atoms with Gasteiger partial charge in [-0.25, -0.2) is 0 Å². The fourth-order valence-corrected chi connectivity index (χ4v) is 7.37. The maximum Gasteiger partial charge on any atom is 0.237 e. The Labute approximate surface area is 263 Å². The molecule has 4 unspecified atom stereocenters. The lowest BCUT2D eigenvalue weighted by molar-refractivity contribution is -0.157. The number of fused-ring (bicyclic) bond motifs is 5. The van der Waals surface area contributed by atoms with Crippen molar-refractivity contribution in [3.05, 3.63) is 136 Å². The summed E-state index contributed by atoms with van der Waals surface area (Å²) in [5, 5.41) is 0. The first-order chi connectivity index (χ1) is 21.7. The van der Waals surface area contributed by atoms with E-state index < -0.39 is 23.7 Å². The van der Waals surface area contributed by atoms with E-state index in [1.807, 2.05) is 48.5 Å². The van der Waals surface area contributed by atoms with Crippen molar-refractivity contribution in [3.8, 4) is 0 Å². The Morgan fingerprint density at radius 3 is 1.53 bits per heavy atom. The lowest BCUT2D eigenvalue weighted by atomic mass is 9.80. The van der Waals surface area contributed by atoms with Crippen LogP contribution in [0.25, 0.3) is 0 Å². The highest BCUT2D eigenvalue weighted by atomic mass is 16.2. The maximum atomic E-state index is 13.9.